The van der Waals surface area contributed by atoms with Crippen LogP contribution in [0.2, 0.25) is 0 Å². The molecular formula is C46H97FO12. The van der Waals surface area contributed by atoms with Gasteiger partial charge in [-0.05, 0) is 90.0 Å². The molecule has 3 heterocycles. The quantitative estimate of drug-likeness (QED) is 0.109. The van der Waals surface area contributed by atoms with Gasteiger partial charge in [0.2, 0.25) is 0 Å². The van der Waals surface area contributed by atoms with Crippen LogP contribution in [0.1, 0.15) is 133 Å². The Labute approximate surface area is 363 Å². The van der Waals surface area contributed by atoms with E-state index in [1.54, 1.807) is 14.2 Å². The second kappa shape index (κ2) is 34.9. The number of methoxy groups -OCH3 is 2. The van der Waals surface area contributed by atoms with Gasteiger partial charge in [-0.25, -0.2) is 4.39 Å². The molecule has 0 amide bonds. The highest BCUT2D eigenvalue weighted by Gasteiger charge is 2.45. The molecule has 0 radical (unpaired) electrons. The minimum absolute atomic E-state index is 0. The normalized spacial score (nSPS) is 30.6. The Bertz CT molecular complexity index is 942. The van der Waals surface area contributed by atoms with Gasteiger partial charge in [0.1, 0.15) is 48.9 Å². The van der Waals surface area contributed by atoms with Gasteiger partial charge in [0, 0.05) is 26.1 Å². The number of hydrogen-bond donors (Lipinski definition) is 0. The van der Waals surface area contributed by atoms with E-state index in [1.807, 2.05) is 111 Å². The highest BCUT2D eigenvalue weighted by molar-refractivity contribution is 4.92. The van der Waals surface area contributed by atoms with Crippen LogP contribution in [-0.4, -0.2) is 158 Å². The second-order valence-corrected chi connectivity index (χ2v) is 16.6. The lowest BCUT2D eigenvalue weighted by molar-refractivity contribution is -0.215. The van der Waals surface area contributed by atoms with Crippen molar-refractivity contribution < 1.29 is 61.2 Å². The monoisotopic (exact) mass is 861 g/mol. The first-order valence-electron chi connectivity index (χ1n) is 21.8. The van der Waals surface area contributed by atoms with Crippen molar-refractivity contribution in [2.24, 2.45) is 11.8 Å². The number of halogens is 1. The lowest BCUT2D eigenvalue weighted by atomic mass is 9.93. The van der Waals surface area contributed by atoms with Gasteiger partial charge in [0.25, 0.3) is 0 Å². The van der Waals surface area contributed by atoms with Crippen molar-refractivity contribution in [1.82, 2.24) is 0 Å². The molecule has 360 valence electrons. The Morgan fingerprint density at radius 2 is 0.898 bits per heavy atom. The molecule has 13 heteroatoms. The molecule has 12 atom stereocenters. The first-order chi connectivity index (χ1) is 26.8. The van der Waals surface area contributed by atoms with E-state index in [-0.39, 0.29) is 106 Å². The predicted octanol–water partition coefficient (Wildman–Crippen LogP) is 9.16. The van der Waals surface area contributed by atoms with E-state index in [2.05, 4.69) is 6.92 Å². The zero-order valence-electron chi connectivity index (χ0n) is 39.6. The molecule has 3 saturated heterocycles. The number of ether oxygens (including phenoxy) is 12. The summed E-state index contributed by atoms with van der Waals surface area (Å²) in [4.78, 5) is 0. The van der Waals surface area contributed by atoms with E-state index in [1.165, 1.54) is 0 Å². The fourth-order valence-electron chi connectivity index (χ4n) is 6.48. The van der Waals surface area contributed by atoms with Crippen molar-refractivity contribution in [1.29, 1.82) is 0 Å². The van der Waals surface area contributed by atoms with E-state index < -0.39 is 12.3 Å². The summed E-state index contributed by atoms with van der Waals surface area (Å²) in [5.41, 5.74) is 0. The van der Waals surface area contributed by atoms with Gasteiger partial charge < -0.3 is 56.8 Å². The number of rotatable bonds is 20. The van der Waals surface area contributed by atoms with Gasteiger partial charge in [-0.2, -0.15) is 0 Å². The van der Waals surface area contributed by atoms with Gasteiger partial charge in [0.15, 0.2) is 0 Å². The van der Waals surface area contributed by atoms with Crippen molar-refractivity contribution in [2.45, 2.75) is 230 Å². The summed E-state index contributed by atoms with van der Waals surface area (Å²) in [6, 6.07) is 0. The molecule has 3 aliphatic rings. The molecule has 0 spiro atoms. The van der Waals surface area contributed by atoms with Gasteiger partial charge in [0.05, 0.1) is 95.1 Å². The molecule has 0 saturated carbocycles. The molecule has 0 aromatic heterocycles. The summed E-state index contributed by atoms with van der Waals surface area (Å²) in [5, 5.41) is 0. The fourth-order valence-corrected chi connectivity index (χ4v) is 6.48. The highest BCUT2D eigenvalue weighted by Crippen LogP contribution is 2.29. The molecule has 12 nitrogen and oxygen atoms in total. The zero-order valence-corrected chi connectivity index (χ0v) is 39.6. The molecular weight excluding hydrogens is 763 g/mol. The van der Waals surface area contributed by atoms with E-state index in [9.17, 15) is 4.39 Å². The average Bonchev–Trinajstić information content (AvgIpc) is 3.42. The van der Waals surface area contributed by atoms with Gasteiger partial charge in [-0.1, -0.05) is 42.5 Å². The van der Waals surface area contributed by atoms with E-state index in [4.69, 9.17) is 56.8 Å². The first kappa shape index (κ1) is 62.7. The lowest BCUT2D eigenvalue weighted by Gasteiger charge is -2.41. The molecule has 0 aliphatic carbocycles. The van der Waals surface area contributed by atoms with E-state index in [0.29, 0.717) is 52.2 Å². The minimum atomic E-state index is -0.980. The van der Waals surface area contributed by atoms with Crippen LogP contribution < -0.4 is 0 Å². The molecule has 3 rings (SSSR count). The summed E-state index contributed by atoms with van der Waals surface area (Å²) < 4.78 is 82.5. The van der Waals surface area contributed by atoms with Crippen molar-refractivity contribution in [2.75, 3.05) is 60.5 Å². The van der Waals surface area contributed by atoms with Crippen molar-refractivity contribution >= 4 is 0 Å². The van der Waals surface area contributed by atoms with Crippen LogP contribution in [0.15, 0.2) is 0 Å². The van der Waals surface area contributed by atoms with Crippen LogP contribution in [0.4, 0.5) is 4.39 Å². The maximum absolute atomic E-state index is 14.1. The fraction of sp³-hybridized carbons (Fsp3) is 1.00. The minimum Gasteiger partial charge on any atom is -0.382 e. The summed E-state index contributed by atoms with van der Waals surface area (Å²) in [6.45, 7) is 37.7. The third-order valence-corrected chi connectivity index (χ3v) is 9.10. The van der Waals surface area contributed by atoms with Gasteiger partial charge in [-0.15, -0.1) is 0 Å². The van der Waals surface area contributed by atoms with Crippen LogP contribution in [-0.2, 0) is 56.8 Å². The predicted molar refractivity (Wildman–Crippen MR) is 238 cm³/mol. The Hall–Kier alpha value is -0.550. The summed E-state index contributed by atoms with van der Waals surface area (Å²) in [6.07, 6.45) is -1.30. The third kappa shape index (κ3) is 25.4. The van der Waals surface area contributed by atoms with E-state index in [0.717, 1.165) is 0 Å². The van der Waals surface area contributed by atoms with Crippen molar-refractivity contribution in [3.8, 4) is 0 Å². The van der Waals surface area contributed by atoms with E-state index >= 15 is 0 Å². The topological polar surface area (TPSA) is 111 Å². The molecule has 3 fully saturated rings. The standard InChI is InChI=1S/C15H30O5.C14H28O4.C13H25FO3.C2H6.2CH4/c1-10(2)18-9-13-15(19-11(3)4)14(12(5)20-13)17-8-7-16-6;1-9(2)16-8-12-14(18-10(3)4)13(15-6)11(5)7-17-12;1-8(2)15-7-11-13(17-9(3)4)12(14)10(5)6-16-11;1-2;;/h10-15H,7-9H2,1-6H3;9-14H,7-8H2,1-6H3;8-13H,6-7H2,1-5H3;1-2H3;2*1H4/t12-,13+,14-,15+;11-,12-,13+,14-;10-,11-,12+,13-;;;/m011.../s1. The Morgan fingerprint density at radius 1 is 0.508 bits per heavy atom. The van der Waals surface area contributed by atoms with Gasteiger partial charge >= 0.3 is 0 Å². The molecule has 0 aromatic rings. The van der Waals surface area contributed by atoms with Crippen molar-refractivity contribution in [3.63, 3.8) is 0 Å². The van der Waals surface area contributed by atoms with Crippen LogP contribution in [0.5, 0.6) is 0 Å². The SMILES string of the molecule is C.C.CC.CC(C)OC[C@H]1OC[C@@H](C)[C@H](F)[C@@H]1OC(C)C.COCCO[C@@H]1[C@H](OC(C)C)[C@@H](COC(C)C)O[C@H]1C.CO[C@@H]1[C@H](OC(C)C)[C@@H](COC(C)C)OC[C@H]1C. The molecule has 0 bridgehead atoms. The Balaban J connectivity index is -0.000000770. The zero-order chi connectivity index (χ0) is 43.8. The molecule has 3 aliphatic heterocycles. The first-order valence-corrected chi connectivity index (χ1v) is 21.8. The van der Waals surface area contributed by atoms with Crippen LogP contribution >= 0.6 is 0 Å². The maximum Gasteiger partial charge on any atom is 0.134 e. The third-order valence-electron chi connectivity index (χ3n) is 9.10. The van der Waals surface area contributed by atoms with Crippen molar-refractivity contribution in [3.05, 3.63) is 0 Å². The van der Waals surface area contributed by atoms with Gasteiger partial charge in [-0.3, -0.25) is 0 Å². The second-order valence-electron chi connectivity index (χ2n) is 16.6. The molecule has 0 unspecified atom stereocenters. The smallest absolute Gasteiger partial charge is 0.134 e. The highest BCUT2D eigenvalue weighted by atomic mass is 19.1. The Morgan fingerprint density at radius 3 is 1.31 bits per heavy atom. The average molecular weight is 861 g/mol. The van der Waals surface area contributed by atoms with Crippen LogP contribution in [0.25, 0.3) is 0 Å². The van der Waals surface area contributed by atoms with Crippen LogP contribution in [0.3, 0.4) is 0 Å². The summed E-state index contributed by atoms with van der Waals surface area (Å²) in [5.74, 6) is 0.225. The molecule has 0 aromatic carbocycles. The molecule has 59 heavy (non-hydrogen) atoms. The lowest BCUT2D eigenvalue weighted by Crippen LogP contribution is -2.54. The summed E-state index contributed by atoms with van der Waals surface area (Å²) in [7, 11) is 3.41. The number of hydrogen-bond acceptors (Lipinski definition) is 12. The Kier molecular flexibility index (Phi) is 37.1. The maximum atomic E-state index is 14.1. The number of alkyl halides is 1. The largest absolute Gasteiger partial charge is 0.382 e. The summed E-state index contributed by atoms with van der Waals surface area (Å²) >= 11 is 0. The van der Waals surface area contributed by atoms with Crippen LogP contribution in [0, 0.1) is 11.8 Å². The molecule has 0 N–H and O–H groups in total.